The lowest BCUT2D eigenvalue weighted by molar-refractivity contribution is 0.0347. The summed E-state index contributed by atoms with van der Waals surface area (Å²) in [4.78, 5) is 2.12. The van der Waals surface area contributed by atoms with Gasteiger partial charge in [0.1, 0.15) is 6.23 Å². The molecule has 4 heteroatoms. The van der Waals surface area contributed by atoms with Crippen LogP contribution < -0.4 is 10.6 Å². The van der Waals surface area contributed by atoms with Crippen LogP contribution in [0.5, 0.6) is 0 Å². The molecule has 14 heavy (non-hydrogen) atoms. The number of hydrogen-bond acceptors (Lipinski definition) is 4. The molecule has 4 nitrogen and oxygen atoms in total. The van der Waals surface area contributed by atoms with E-state index in [1.54, 1.807) is 0 Å². The van der Waals surface area contributed by atoms with Crippen molar-refractivity contribution in [2.24, 2.45) is 0 Å². The Morgan fingerprint density at radius 2 is 2.00 bits per heavy atom. The Bertz CT molecular complexity index is 120. The van der Waals surface area contributed by atoms with Gasteiger partial charge in [0.05, 0.1) is 6.61 Å². The van der Waals surface area contributed by atoms with Gasteiger partial charge in [0.25, 0.3) is 0 Å². The maximum absolute atomic E-state index is 5.56. The van der Waals surface area contributed by atoms with Crippen LogP contribution >= 0.6 is 0 Å². The summed E-state index contributed by atoms with van der Waals surface area (Å²) in [6.07, 6.45) is 1.30. The van der Waals surface area contributed by atoms with Gasteiger partial charge < -0.3 is 15.0 Å². The Hall–Kier alpha value is -0.160. The summed E-state index contributed by atoms with van der Waals surface area (Å²) in [5, 5.41) is 6.42. The molecular weight excluding hydrogens is 178 g/mol. The van der Waals surface area contributed by atoms with Crippen LogP contribution in [0.4, 0.5) is 0 Å². The normalized spacial score (nSPS) is 13.5. The molecule has 2 N–H and O–H groups in total. The number of rotatable bonds is 9. The van der Waals surface area contributed by atoms with E-state index >= 15 is 0 Å². The molecule has 0 bridgehead atoms. The molecule has 1 atom stereocenters. The van der Waals surface area contributed by atoms with Gasteiger partial charge in [-0.1, -0.05) is 0 Å². The second-order valence-corrected chi connectivity index (χ2v) is 3.73. The van der Waals surface area contributed by atoms with Crippen LogP contribution in [0, 0.1) is 0 Å². The van der Waals surface area contributed by atoms with Crippen LogP contribution in [0.25, 0.3) is 0 Å². The van der Waals surface area contributed by atoms with Gasteiger partial charge in [-0.2, -0.15) is 0 Å². The SMILES string of the molecule is CNCCCNC(C)OCCN(C)C. The molecule has 0 fully saturated rings. The Kier molecular flexibility index (Phi) is 9.29. The maximum atomic E-state index is 5.56. The summed E-state index contributed by atoms with van der Waals surface area (Å²) in [6, 6.07) is 0. The third-order valence-corrected chi connectivity index (χ3v) is 1.94. The fraction of sp³-hybridized carbons (Fsp3) is 1.00. The molecule has 0 saturated carbocycles. The lowest BCUT2D eigenvalue weighted by Crippen LogP contribution is -2.33. The zero-order valence-corrected chi connectivity index (χ0v) is 9.97. The highest BCUT2D eigenvalue weighted by molar-refractivity contribution is 4.51. The smallest absolute Gasteiger partial charge is 0.105 e. The third kappa shape index (κ3) is 9.92. The predicted molar refractivity (Wildman–Crippen MR) is 60.5 cm³/mol. The molecule has 0 aromatic heterocycles. The number of hydrogen-bond donors (Lipinski definition) is 2. The molecule has 0 rings (SSSR count). The lowest BCUT2D eigenvalue weighted by Gasteiger charge is -2.16. The molecule has 0 aliphatic carbocycles. The third-order valence-electron chi connectivity index (χ3n) is 1.94. The van der Waals surface area contributed by atoms with Gasteiger partial charge in [-0.3, -0.25) is 5.32 Å². The molecule has 0 aliphatic rings. The zero-order valence-electron chi connectivity index (χ0n) is 9.97. The highest BCUT2D eigenvalue weighted by atomic mass is 16.5. The van der Waals surface area contributed by atoms with Crippen LogP contribution in [-0.2, 0) is 4.74 Å². The molecule has 0 aromatic rings. The number of nitrogens with one attached hydrogen (secondary N) is 2. The van der Waals surface area contributed by atoms with E-state index in [0.29, 0.717) is 0 Å². The van der Waals surface area contributed by atoms with E-state index in [0.717, 1.165) is 32.7 Å². The number of ether oxygens (including phenoxy) is 1. The van der Waals surface area contributed by atoms with Crippen molar-refractivity contribution >= 4 is 0 Å². The van der Waals surface area contributed by atoms with Gasteiger partial charge in [0.2, 0.25) is 0 Å². The second kappa shape index (κ2) is 9.40. The Morgan fingerprint density at radius 1 is 1.29 bits per heavy atom. The van der Waals surface area contributed by atoms with Gasteiger partial charge in [-0.05, 0) is 47.6 Å². The highest BCUT2D eigenvalue weighted by Crippen LogP contribution is 1.87. The fourth-order valence-electron chi connectivity index (χ4n) is 1.04. The summed E-state index contributed by atoms with van der Waals surface area (Å²) in [5.74, 6) is 0. The fourth-order valence-corrected chi connectivity index (χ4v) is 1.04. The van der Waals surface area contributed by atoms with Gasteiger partial charge in [-0.25, -0.2) is 0 Å². The van der Waals surface area contributed by atoms with Crippen LogP contribution in [-0.4, -0.2) is 58.5 Å². The van der Waals surface area contributed by atoms with E-state index in [4.69, 9.17) is 4.74 Å². The van der Waals surface area contributed by atoms with Crippen molar-refractivity contribution in [2.75, 3.05) is 47.4 Å². The van der Waals surface area contributed by atoms with E-state index in [1.807, 2.05) is 21.1 Å². The van der Waals surface area contributed by atoms with Gasteiger partial charge in [0, 0.05) is 6.54 Å². The lowest BCUT2D eigenvalue weighted by atomic mass is 10.4. The predicted octanol–water partition coefficient (Wildman–Crippen LogP) is 0.110. The molecule has 0 heterocycles. The zero-order chi connectivity index (χ0) is 10.8. The van der Waals surface area contributed by atoms with Crippen LogP contribution in [0.3, 0.4) is 0 Å². The molecule has 0 spiro atoms. The molecule has 1 unspecified atom stereocenters. The number of nitrogens with zero attached hydrogens (tertiary/aromatic N) is 1. The summed E-state index contributed by atoms with van der Waals surface area (Å²) in [6.45, 7) is 5.87. The molecule has 0 radical (unpaired) electrons. The van der Waals surface area contributed by atoms with E-state index in [9.17, 15) is 0 Å². The van der Waals surface area contributed by atoms with E-state index in [-0.39, 0.29) is 6.23 Å². The topological polar surface area (TPSA) is 36.5 Å². The first-order valence-corrected chi connectivity index (χ1v) is 5.31. The van der Waals surface area contributed by atoms with Crippen molar-refractivity contribution in [1.29, 1.82) is 0 Å². The minimum absolute atomic E-state index is 0.159. The van der Waals surface area contributed by atoms with Crippen molar-refractivity contribution in [2.45, 2.75) is 19.6 Å². The first-order chi connectivity index (χ1) is 6.66. The molecule has 0 aromatic carbocycles. The van der Waals surface area contributed by atoms with Crippen LogP contribution in [0.2, 0.25) is 0 Å². The number of likely N-dealkylation sites (N-methyl/N-ethyl adjacent to an activating group) is 1. The maximum Gasteiger partial charge on any atom is 0.105 e. The van der Waals surface area contributed by atoms with E-state index in [2.05, 4.69) is 22.5 Å². The standard InChI is InChI=1S/C10H25N3O/c1-10(12-7-5-6-11-2)14-9-8-13(3)4/h10-12H,5-9H2,1-4H3. The van der Waals surface area contributed by atoms with Gasteiger partial charge in [-0.15, -0.1) is 0 Å². The first kappa shape index (κ1) is 13.8. The average molecular weight is 203 g/mol. The summed E-state index contributed by atoms with van der Waals surface area (Å²) >= 11 is 0. The Balaban J connectivity index is 3.15. The largest absolute Gasteiger partial charge is 0.362 e. The monoisotopic (exact) mass is 203 g/mol. The van der Waals surface area contributed by atoms with Crippen molar-refractivity contribution < 1.29 is 4.74 Å². The summed E-state index contributed by atoms with van der Waals surface area (Å²) < 4.78 is 5.56. The second-order valence-electron chi connectivity index (χ2n) is 3.73. The van der Waals surface area contributed by atoms with E-state index in [1.165, 1.54) is 0 Å². The van der Waals surface area contributed by atoms with E-state index < -0.39 is 0 Å². The van der Waals surface area contributed by atoms with Crippen molar-refractivity contribution in [1.82, 2.24) is 15.5 Å². The van der Waals surface area contributed by atoms with Gasteiger partial charge >= 0.3 is 0 Å². The van der Waals surface area contributed by atoms with Gasteiger partial charge in [0.15, 0.2) is 0 Å². The minimum Gasteiger partial charge on any atom is -0.362 e. The van der Waals surface area contributed by atoms with Crippen LogP contribution in [0.1, 0.15) is 13.3 Å². The first-order valence-electron chi connectivity index (χ1n) is 5.31. The molecule has 0 amide bonds. The minimum atomic E-state index is 0.159. The Morgan fingerprint density at radius 3 is 2.57 bits per heavy atom. The van der Waals surface area contributed by atoms with Crippen LogP contribution in [0.15, 0.2) is 0 Å². The molecule has 86 valence electrons. The van der Waals surface area contributed by atoms with Crippen molar-refractivity contribution in [3.63, 3.8) is 0 Å². The quantitative estimate of drug-likeness (QED) is 0.412. The summed E-state index contributed by atoms with van der Waals surface area (Å²) in [5.41, 5.74) is 0. The molecular formula is C10H25N3O. The molecule has 0 saturated heterocycles. The average Bonchev–Trinajstić information content (AvgIpc) is 2.12. The summed E-state index contributed by atoms with van der Waals surface area (Å²) in [7, 11) is 6.07. The Labute approximate surface area is 88.0 Å². The molecule has 0 aliphatic heterocycles. The van der Waals surface area contributed by atoms with Crippen molar-refractivity contribution in [3.8, 4) is 0 Å². The van der Waals surface area contributed by atoms with Crippen molar-refractivity contribution in [3.05, 3.63) is 0 Å². The highest BCUT2D eigenvalue weighted by Gasteiger charge is 1.99.